The predicted octanol–water partition coefficient (Wildman–Crippen LogP) is 5.70. The zero-order chi connectivity index (χ0) is 26.1. The fourth-order valence-corrected chi connectivity index (χ4v) is 5.20. The number of aromatic nitrogens is 2. The van der Waals surface area contributed by atoms with E-state index >= 15 is 0 Å². The Morgan fingerprint density at radius 1 is 1.00 bits per heavy atom. The van der Waals surface area contributed by atoms with Crippen molar-refractivity contribution in [2.24, 2.45) is 7.05 Å². The minimum Gasteiger partial charge on any atom is -0.448 e. The monoisotopic (exact) mass is 511 g/mol. The van der Waals surface area contributed by atoms with Crippen LogP contribution in [-0.4, -0.2) is 27.5 Å². The van der Waals surface area contributed by atoms with Gasteiger partial charge in [-0.3, -0.25) is 14.9 Å². The van der Waals surface area contributed by atoms with Crippen LogP contribution in [0.25, 0.3) is 32.1 Å². The van der Waals surface area contributed by atoms with Crippen LogP contribution >= 0.6 is 11.3 Å². The Bertz CT molecular complexity index is 1670. The summed E-state index contributed by atoms with van der Waals surface area (Å²) in [6.45, 7) is 3.74. The molecule has 1 atom stereocenters. The Morgan fingerprint density at radius 2 is 1.68 bits per heavy atom. The Balaban J connectivity index is 1.52. The molecule has 0 spiro atoms. The van der Waals surface area contributed by atoms with E-state index in [-0.39, 0.29) is 17.7 Å². The normalized spacial score (nSPS) is 12.0. The minimum absolute atomic E-state index is 0.0961. The number of amides is 1. The third-order valence-corrected chi connectivity index (χ3v) is 7.23. The van der Waals surface area contributed by atoms with Gasteiger partial charge in [-0.25, -0.2) is 9.78 Å². The van der Waals surface area contributed by atoms with Crippen molar-refractivity contribution in [2.75, 3.05) is 5.32 Å². The van der Waals surface area contributed by atoms with E-state index < -0.39 is 18.0 Å². The highest BCUT2D eigenvalue weighted by molar-refractivity contribution is 7.22. The summed E-state index contributed by atoms with van der Waals surface area (Å²) in [7, 11) is 1.55. The van der Waals surface area contributed by atoms with Crippen LogP contribution in [0, 0.1) is 6.92 Å². The van der Waals surface area contributed by atoms with Gasteiger partial charge in [-0.1, -0.05) is 78.4 Å². The lowest BCUT2D eigenvalue weighted by Gasteiger charge is -2.20. The number of ether oxygens (including phenoxy) is 1. The maximum Gasteiger partial charge on any atom is 0.356 e. The number of hydrogen-bond donors (Lipinski definition) is 1. The summed E-state index contributed by atoms with van der Waals surface area (Å²) in [4.78, 5) is 44.3. The Labute approximate surface area is 217 Å². The van der Waals surface area contributed by atoms with E-state index in [0.717, 1.165) is 21.3 Å². The van der Waals surface area contributed by atoms with E-state index in [9.17, 15) is 14.4 Å². The van der Waals surface area contributed by atoms with Crippen LogP contribution in [-0.2, 0) is 16.6 Å². The third-order valence-electron chi connectivity index (χ3n) is 6.27. The van der Waals surface area contributed by atoms with Crippen molar-refractivity contribution in [1.29, 1.82) is 0 Å². The van der Waals surface area contributed by atoms with Crippen LogP contribution in [0.5, 0.6) is 0 Å². The number of hydrogen-bond acceptors (Lipinski definition) is 6. The summed E-state index contributed by atoms with van der Waals surface area (Å²) in [5.74, 6) is -1.22. The molecule has 5 rings (SSSR count). The molecule has 7 nitrogen and oxygen atoms in total. The molecule has 3 aromatic carbocycles. The lowest BCUT2D eigenvalue weighted by molar-refractivity contribution is -0.124. The molecular weight excluding hydrogens is 486 g/mol. The molecule has 5 aromatic rings. The number of benzene rings is 3. The first kappa shape index (κ1) is 24.4. The number of nitrogens with zero attached hydrogens (tertiary/aromatic N) is 2. The van der Waals surface area contributed by atoms with Gasteiger partial charge in [0.25, 0.3) is 11.5 Å². The van der Waals surface area contributed by atoms with Crippen LogP contribution < -0.4 is 10.9 Å². The van der Waals surface area contributed by atoms with Crippen LogP contribution in [0.2, 0.25) is 0 Å². The molecule has 2 aromatic heterocycles. The van der Waals surface area contributed by atoms with Crippen LogP contribution in [0.4, 0.5) is 5.13 Å². The summed E-state index contributed by atoms with van der Waals surface area (Å²) in [5, 5.41) is 4.34. The summed E-state index contributed by atoms with van der Waals surface area (Å²) < 4.78 is 7.98. The second kappa shape index (κ2) is 9.99. The van der Waals surface area contributed by atoms with E-state index in [2.05, 4.69) is 10.3 Å². The van der Waals surface area contributed by atoms with Crippen molar-refractivity contribution in [1.82, 2.24) is 9.55 Å². The van der Waals surface area contributed by atoms with Crippen molar-refractivity contribution in [2.45, 2.75) is 26.4 Å². The first-order valence-corrected chi connectivity index (χ1v) is 12.7. The van der Waals surface area contributed by atoms with E-state index in [1.54, 1.807) is 26.1 Å². The molecule has 37 heavy (non-hydrogen) atoms. The highest BCUT2D eigenvalue weighted by Crippen LogP contribution is 2.32. The first-order valence-electron chi connectivity index (χ1n) is 11.9. The second-order valence-corrected chi connectivity index (χ2v) is 9.81. The molecule has 0 aliphatic carbocycles. The average Bonchev–Trinajstić information content (AvgIpc) is 3.32. The second-order valence-electron chi connectivity index (χ2n) is 8.78. The largest absolute Gasteiger partial charge is 0.448 e. The number of thiazole rings is 1. The smallest absolute Gasteiger partial charge is 0.356 e. The summed E-state index contributed by atoms with van der Waals surface area (Å²) in [6, 6.07) is 22.5. The molecule has 0 saturated carbocycles. The fraction of sp³-hybridized carbons (Fsp3) is 0.172. The first-order chi connectivity index (χ1) is 17.9. The van der Waals surface area contributed by atoms with E-state index in [1.807, 2.05) is 67.6 Å². The Kier molecular flexibility index (Phi) is 6.58. The zero-order valence-corrected chi connectivity index (χ0v) is 21.5. The van der Waals surface area contributed by atoms with Gasteiger partial charge in [0.2, 0.25) is 0 Å². The van der Waals surface area contributed by atoms with Gasteiger partial charge in [0.05, 0.1) is 10.2 Å². The average molecular weight is 512 g/mol. The van der Waals surface area contributed by atoms with Gasteiger partial charge >= 0.3 is 5.97 Å². The number of anilines is 1. The number of carbonyl (C=O) groups is 2. The van der Waals surface area contributed by atoms with Gasteiger partial charge in [-0.15, -0.1) is 0 Å². The highest BCUT2D eigenvalue weighted by Gasteiger charge is 2.28. The Hall–Kier alpha value is -4.30. The SMILES string of the molecule is CCC(OC(=O)c1c(-c2ccc(C)cc2)c2ccccc2c(=O)n1C)C(=O)Nc1nc2ccccc2s1. The molecule has 0 bridgehead atoms. The van der Waals surface area contributed by atoms with Crippen molar-refractivity contribution in [3.05, 3.63) is 94.4 Å². The van der Waals surface area contributed by atoms with Gasteiger partial charge in [-0.05, 0) is 42.5 Å². The van der Waals surface area contributed by atoms with E-state index in [4.69, 9.17) is 4.74 Å². The lowest BCUT2D eigenvalue weighted by atomic mass is 9.96. The van der Waals surface area contributed by atoms with Crippen LogP contribution in [0.1, 0.15) is 29.4 Å². The summed E-state index contributed by atoms with van der Waals surface area (Å²) in [5.41, 5.74) is 2.99. The van der Waals surface area contributed by atoms with Crippen molar-refractivity contribution < 1.29 is 14.3 Å². The quantitative estimate of drug-likeness (QED) is 0.296. The maximum atomic E-state index is 13.6. The number of aryl methyl sites for hydroxylation is 1. The molecular formula is C29H25N3O4S. The maximum absolute atomic E-state index is 13.6. The van der Waals surface area contributed by atoms with Crippen molar-refractivity contribution >= 4 is 49.3 Å². The molecule has 186 valence electrons. The Morgan fingerprint density at radius 3 is 2.38 bits per heavy atom. The van der Waals surface area contributed by atoms with Gasteiger partial charge in [-0.2, -0.15) is 0 Å². The number of nitrogens with one attached hydrogen (secondary N) is 1. The summed E-state index contributed by atoms with van der Waals surface area (Å²) in [6.07, 6.45) is -0.809. The van der Waals surface area contributed by atoms with E-state index in [0.29, 0.717) is 21.5 Å². The molecule has 0 radical (unpaired) electrons. The zero-order valence-electron chi connectivity index (χ0n) is 20.6. The van der Waals surface area contributed by atoms with Crippen LogP contribution in [0.15, 0.2) is 77.6 Å². The van der Waals surface area contributed by atoms with Gasteiger partial charge in [0.1, 0.15) is 5.69 Å². The molecule has 2 heterocycles. The number of fused-ring (bicyclic) bond motifs is 2. The highest BCUT2D eigenvalue weighted by atomic mass is 32.1. The molecule has 0 aliphatic heterocycles. The summed E-state index contributed by atoms with van der Waals surface area (Å²) >= 11 is 1.35. The molecule has 0 fully saturated rings. The number of carbonyl (C=O) groups excluding carboxylic acids is 2. The van der Waals surface area contributed by atoms with E-state index in [1.165, 1.54) is 15.9 Å². The van der Waals surface area contributed by atoms with Crippen molar-refractivity contribution in [3.8, 4) is 11.1 Å². The number of pyridine rings is 1. The minimum atomic E-state index is -1.06. The standard InChI is InChI=1S/C29H25N3O4S/c1-4-22(26(33)31-29-30-21-11-7-8-12-23(21)37-29)36-28(35)25-24(18-15-13-17(2)14-16-18)19-9-5-6-10-20(19)27(34)32(25)3/h5-16,22H,4H2,1-3H3,(H,30,31,33). The van der Waals surface area contributed by atoms with Gasteiger partial charge < -0.3 is 9.30 Å². The van der Waals surface area contributed by atoms with Crippen LogP contribution in [0.3, 0.4) is 0 Å². The predicted molar refractivity (Wildman–Crippen MR) is 147 cm³/mol. The number of esters is 1. The van der Waals surface area contributed by atoms with Gasteiger partial charge in [0, 0.05) is 18.0 Å². The molecule has 8 heteroatoms. The topological polar surface area (TPSA) is 90.3 Å². The third kappa shape index (κ3) is 4.63. The fourth-order valence-electron chi connectivity index (χ4n) is 4.34. The van der Waals surface area contributed by atoms with Crippen molar-refractivity contribution in [3.63, 3.8) is 0 Å². The molecule has 1 N–H and O–H groups in total. The molecule has 0 aliphatic rings. The number of para-hydroxylation sites is 1. The molecule has 0 saturated heterocycles. The molecule has 1 unspecified atom stereocenters. The van der Waals surface area contributed by atoms with Gasteiger partial charge in [0.15, 0.2) is 11.2 Å². The number of rotatable bonds is 6. The lowest BCUT2D eigenvalue weighted by Crippen LogP contribution is -2.34. The molecule has 1 amide bonds.